The molecule has 4 rings (SSSR count). The third-order valence-electron chi connectivity index (χ3n) is 5.90. The second kappa shape index (κ2) is 7.34. The van der Waals surface area contributed by atoms with Gasteiger partial charge in [0.05, 0.1) is 17.6 Å². The van der Waals surface area contributed by atoms with E-state index in [4.69, 9.17) is 5.73 Å². The number of nitrogens with zero attached hydrogens (tertiary/aromatic N) is 1. The molecule has 136 valence electrons. The lowest BCUT2D eigenvalue weighted by Crippen LogP contribution is -2.49. The molecule has 1 heterocycles. The minimum Gasteiger partial charge on any atom is -0.349 e. The molecule has 25 heavy (non-hydrogen) atoms. The number of imidazole rings is 1. The first-order chi connectivity index (χ1) is 11.6. The molecule has 5 nitrogen and oxygen atoms in total. The number of rotatable bonds is 3. The number of hydrogen-bond donors (Lipinski definition) is 3. The summed E-state index contributed by atoms with van der Waals surface area (Å²) < 4.78 is 0. The van der Waals surface area contributed by atoms with E-state index in [1.54, 1.807) is 0 Å². The number of carbonyl (C=O) groups is 1. The third kappa shape index (κ3) is 3.67. The number of H-pyrrole nitrogens is 1. The summed E-state index contributed by atoms with van der Waals surface area (Å²) in [6.07, 6.45) is 5.54. The normalized spacial score (nSPS) is 28.4. The molecular formula is C19H27ClN4O. The molecule has 2 aromatic rings. The van der Waals surface area contributed by atoms with E-state index < -0.39 is 0 Å². The number of fused-ring (bicyclic) bond motifs is 3. The summed E-state index contributed by atoms with van der Waals surface area (Å²) in [5.41, 5.74) is 9.49. The van der Waals surface area contributed by atoms with Crippen LogP contribution in [0.1, 0.15) is 43.5 Å². The van der Waals surface area contributed by atoms with E-state index in [-0.39, 0.29) is 24.2 Å². The van der Waals surface area contributed by atoms with Gasteiger partial charge in [-0.25, -0.2) is 4.98 Å². The lowest BCUT2D eigenvalue weighted by atomic mass is 9.65. The quantitative estimate of drug-likeness (QED) is 0.784. The van der Waals surface area contributed by atoms with Gasteiger partial charge in [0.1, 0.15) is 5.82 Å². The van der Waals surface area contributed by atoms with E-state index in [2.05, 4.69) is 34.3 Å². The van der Waals surface area contributed by atoms with Gasteiger partial charge in [0.15, 0.2) is 0 Å². The molecule has 2 unspecified atom stereocenters. The number of carbonyl (C=O) groups excluding carboxylic acids is 1. The molecule has 1 amide bonds. The van der Waals surface area contributed by atoms with Crippen LogP contribution < -0.4 is 11.1 Å². The van der Waals surface area contributed by atoms with Crippen LogP contribution in [0.2, 0.25) is 0 Å². The molecule has 2 atom stereocenters. The number of aryl methyl sites for hydroxylation is 1. The van der Waals surface area contributed by atoms with Crippen molar-refractivity contribution in [3.63, 3.8) is 0 Å². The van der Waals surface area contributed by atoms with Crippen LogP contribution in [0.5, 0.6) is 0 Å². The van der Waals surface area contributed by atoms with E-state index in [1.165, 1.54) is 24.8 Å². The van der Waals surface area contributed by atoms with Gasteiger partial charge in [0, 0.05) is 12.0 Å². The Morgan fingerprint density at radius 2 is 2.04 bits per heavy atom. The predicted molar refractivity (Wildman–Crippen MR) is 101 cm³/mol. The van der Waals surface area contributed by atoms with Gasteiger partial charge in [-0.05, 0) is 62.1 Å². The summed E-state index contributed by atoms with van der Waals surface area (Å²) in [5, 5.41) is 3.07. The fourth-order valence-corrected chi connectivity index (χ4v) is 4.58. The fourth-order valence-electron chi connectivity index (χ4n) is 4.58. The molecule has 0 spiro atoms. The SMILES string of the molecule is Cc1ccc2nc(CNC(=O)C3CC4CCCC(C3)C4N)[nH]c2c1.Cl. The van der Waals surface area contributed by atoms with Gasteiger partial charge in [-0.15, -0.1) is 12.4 Å². The number of nitrogens with one attached hydrogen (secondary N) is 2. The van der Waals surface area contributed by atoms with Crippen molar-refractivity contribution in [3.8, 4) is 0 Å². The van der Waals surface area contributed by atoms with Gasteiger partial charge >= 0.3 is 0 Å². The molecule has 2 fully saturated rings. The molecule has 1 aromatic heterocycles. The first-order valence-corrected chi connectivity index (χ1v) is 9.08. The fraction of sp³-hybridized carbons (Fsp3) is 0.579. The third-order valence-corrected chi connectivity index (χ3v) is 5.90. The second-order valence-electron chi connectivity index (χ2n) is 7.62. The van der Waals surface area contributed by atoms with Crippen molar-refractivity contribution in [2.45, 2.75) is 51.6 Å². The Balaban J connectivity index is 0.00000182. The lowest BCUT2D eigenvalue weighted by molar-refractivity contribution is -0.128. The Morgan fingerprint density at radius 1 is 1.32 bits per heavy atom. The Bertz CT molecular complexity index is 745. The van der Waals surface area contributed by atoms with Crippen molar-refractivity contribution in [2.75, 3.05) is 0 Å². The molecule has 0 aliphatic heterocycles. The summed E-state index contributed by atoms with van der Waals surface area (Å²) in [6, 6.07) is 6.45. The molecule has 6 heteroatoms. The highest BCUT2D eigenvalue weighted by molar-refractivity contribution is 5.85. The first kappa shape index (κ1) is 18.2. The predicted octanol–water partition coefficient (Wildman–Crippen LogP) is 3.06. The van der Waals surface area contributed by atoms with Crippen molar-refractivity contribution in [2.24, 2.45) is 23.5 Å². The van der Waals surface area contributed by atoms with Crippen molar-refractivity contribution in [1.82, 2.24) is 15.3 Å². The van der Waals surface area contributed by atoms with E-state index in [0.29, 0.717) is 24.4 Å². The van der Waals surface area contributed by atoms with Crippen LogP contribution in [0.4, 0.5) is 0 Å². The van der Waals surface area contributed by atoms with Crippen molar-refractivity contribution < 1.29 is 4.79 Å². The Hall–Kier alpha value is -1.59. The molecular weight excluding hydrogens is 336 g/mol. The number of hydrogen-bond acceptors (Lipinski definition) is 3. The minimum absolute atomic E-state index is 0. The van der Waals surface area contributed by atoms with Gasteiger partial charge in [0.25, 0.3) is 0 Å². The average Bonchev–Trinajstić information content (AvgIpc) is 2.94. The Morgan fingerprint density at radius 3 is 2.76 bits per heavy atom. The van der Waals surface area contributed by atoms with E-state index in [1.807, 2.05) is 6.07 Å². The van der Waals surface area contributed by atoms with Crippen LogP contribution in [-0.4, -0.2) is 21.9 Å². The molecule has 2 aliphatic rings. The number of aromatic amines is 1. The molecule has 2 bridgehead atoms. The maximum atomic E-state index is 12.6. The Kier molecular flexibility index (Phi) is 5.35. The summed E-state index contributed by atoms with van der Waals surface area (Å²) in [4.78, 5) is 20.4. The van der Waals surface area contributed by atoms with Crippen LogP contribution in [-0.2, 0) is 11.3 Å². The maximum absolute atomic E-state index is 12.6. The summed E-state index contributed by atoms with van der Waals surface area (Å²) in [5.74, 6) is 2.16. The maximum Gasteiger partial charge on any atom is 0.223 e. The van der Waals surface area contributed by atoms with Gasteiger partial charge in [-0.2, -0.15) is 0 Å². The monoisotopic (exact) mass is 362 g/mol. The zero-order valence-corrected chi connectivity index (χ0v) is 15.4. The molecule has 2 aliphatic carbocycles. The number of nitrogens with two attached hydrogens (primary N) is 1. The van der Waals surface area contributed by atoms with Crippen LogP contribution in [0.25, 0.3) is 11.0 Å². The largest absolute Gasteiger partial charge is 0.349 e. The topological polar surface area (TPSA) is 83.8 Å². The minimum atomic E-state index is 0. The van der Waals surface area contributed by atoms with Gasteiger partial charge in [-0.1, -0.05) is 12.5 Å². The summed E-state index contributed by atoms with van der Waals surface area (Å²) in [7, 11) is 0. The molecule has 4 N–H and O–H groups in total. The zero-order valence-electron chi connectivity index (χ0n) is 14.6. The van der Waals surface area contributed by atoms with Crippen molar-refractivity contribution in [1.29, 1.82) is 0 Å². The van der Waals surface area contributed by atoms with Crippen molar-refractivity contribution >= 4 is 29.3 Å². The highest BCUT2D eigenvalue weighted by Gasteiger charge is 2.40. The van der Waals surface area contributed by atoms with E-state index in [0.717, 1.165) is 29.7 Å². The number of aromatic nitrogens is 2. The second-order valence-corrected chi connectivity index (χ2v) is 7.62. The van der Waals surface area contributed by atoms with Gasteiger partial charge in [0.2, 0.25) is 5.91 Å². The number of halogens is 1. The molecule has 0 radical (unpaired) electrons. The Labute approximate surface area is 154 Å². The standard InChI is InChI=1S/C19H26N4O.ClH/c1-11-5-6-15-16(7-11)23-17(22-15)10-21-19(24)14-8-12-3-2-4-13(9-14)18(12)20;/h5-7,12-14,18H,2-4,8-10,20H2,1H3,(H,21,24)(H,22,23);1H. The number of benzene rings is 1. The average molecular weight is 363 g/mol. The smallest absolute Gasteiger partial charge is 0.223 e. The van der Waals surface area contributed by atoms with Gasteiger partial charge in [-0.3, -0.25) is 4.79 Å². The van der Waals surface area contributed by atoms with E-state index in [9.17, 15) is 4.79 Å². The molecule has 2 saturated carbocycles. The van der Waals surface area contributed by atoms with E-state index >= 15 is 0 Å². The highest BCUT2D eigenvalue weighted by atomic mass is 35.5. The highest BCUT2D eigenvalue weighted by Crippen LogP contribution is 2.41. The van der Waals surface area contributed by atoms with Crippen LogP contribution in [0.15, 0.2) is 18.2 Å². The summed E-state index contributed by atoms with van der Waals surface area (Å²) >= 11 is 0. The molecule has 1 aromatic carbocycles. The molecule has 0 saturated heterocycles. The van der Waals surface area contributed by atoms with Gasteiger partial charge < -0.3 is 16.0 Å². The lowest BCUT2D eigenvalue weighted by Gasteiger charge is -2.43. The number of amides is 1. The first-order valence-electron chi connectivity index (χ1n) is 9.08. The zero-order chi connectivity index (χ0) is 16.7. The summed E-state index contributed by atoms with van der Waals surface area (Å²) in [6.45, 7) is 2.52. The van der Waals surface area contributed by atoms with Crippen LogP contribution >= 0.6 is 12.4 Å². The van der Waals surface area contributed by atoms with Crippen molar-refractivity contribution in [3.05, 3.63) is 29.6 Å². The van der Waals surface area contributed by atoms with Crippen LogP contribution in [0, 0.1) is 24.7 Å². The van der Waals surface area contributed by atoms with Crippen LogP contribution in [0.3, 0.4) is 0 Å².